The molecule has 0 unspecified atom stereocenters. The van der Waals surface area contributed by atoms with Gasteiger partial charge < -0.3 is 4.57 Å². The standard InChI is InChI=1S/C28H23Cl2N3OS/c1-17-11-19(18(2)33(17)22-13-20(29)12-21(30)14-22)15-31-32-27(34)16-35-28-25-9-5-3-7-23(25)24-8-4-6-10-26(24)28/h3-15,28H,16H2,1-2H3,(H,32,34)/b31-15-. The second kappa shape index (κ2) is 9.94. The van der Waals surface area contributed by atoms with E-state index in [1.165, 1.54) is 22.3 Å². The van der Waals surface area contributed by atoms with Crippen LogP contribution >= 0.6 is 35.0 Å². The number of nitrogens with one attached hydrogen (secondary N) is 1. The van der Waals surface area contributed by atoms with Gasteiger partial charge in [0.2, 0.25) is 5.91 Å². The van der Waals surface area contributed by atoms with E-state index in [1.54, 1.807) is 24.0 Å². The number of hydrogen-bond donors (Lipinski definition) is 1. The Bertz CT molecular complexity index is 1390. The second-order valence-corrected chi connectivity index (χ2v) is 10.4. The fraction of sp³-hybridized carbons (Fsp3) is 0.143. The first-order chi connectivity index (χ1) is 16.9. The number of rotatable bonds is 6. The maximum absolute atomic E-state index is 12.6. The lowest BCUT2D eigenvalue weighted by Crippen LogP contribution is -2.20. The van der Waals surface area contributed by atoms with Gasteiger partial charge in [-0.2, -0.15) is 5.10 Å². The Morgan fingerprint density at radius 2 is 1.57 bits per heavy atom. The number of thioether (sulfide) groups is 1. The van der Waals surface area contributed by atoms with Crippen LogP contribution in [0.2, 0.25) is 10.0 Å². The molecule has 0 atom stereocenters. The minimum atomic E-state index is -0.136. The topological polar surface area (TPSA) is 46.4 Å². The molecule has 0 saturated heterocycles. The molecule has 4 nitrogen and oxygen atoms in total. The average Bonchev–Trinajstić information content (AvgIpc) is 3.30. The monoisotopic (exact) mass is 519 g/mol. The highest BCUT2D eigenvalue weighted by Gasteiger charge is 2.28. The molecule has 1 aliphatic rings. The molecule has 0 fully saturated rings. The van der Waals surface area contributed by atoms with Crippen LogP contribution in [0.1, 0.15) is 33.3 Å². The van der Waals surface area contributed by atoms with Crippen molar-refractivity contribution >= 4 is 47.1 Å². The zero-order valence-corrected chi connectivity index (χ0v) is 21.6. The molecule has 0 aliphatic heterocycles. The molecule has 1 aromatic heterocycles. The number of halogens is 2. The molecule has 1 aliphatic carbocycles. The summed E-state index contributed by atoms with van der Waals surface area (Å²) in [6.45, 7) is 4.00. The first-order valence-electron chi connectivity index (χ1n) is 11.2. The molecule has 0 bridgehead atoms. The molecule has 0 radical (unpaired) electrons. The van der Waals surface area contributed by atoms with Crippen LogP contribution in [0.4, 0.5) is 0 Å². The summed E-state index contributed by atoms with van der Waals surface area (Å²) < 4.78 is 2.06. The van der Waals surface area contributed by atoms with Gasteiger partial charge in [-0.3, -0.25) is 4.79 Å². The van der Waals surface area contributed by atoms with Gasteiger partial charge in [0.25, 0.3) is 0 Å². The number of fused-ring (bicyclic) bond motifs is 3. The normalized spacial score (nSPS) is 12.7. The van der Waals surface area contributed by atoms with Crippen LogP contribution in [-0.2, 0) is 4.79 Å². The summed E-state index contributed by atoms with van der Waals surface area (Å²) >= 11 is 14.0. The molecule has 1 heterocycles. The summed E-state index contributed by atoms with van der Waals surface area (Å²) in [5, 5.41) is 5.51. The van der Waals surface area contributed by atoms with E-state index in [4.69, 9.17) is 23.2 Å². The van der Waals surface area contributed by atoms with Gasteiger partial charge in [0, 0.05) is 32.7 Å². The van der Waals surface area contributed by atoms with Gasteiger partial charge in [-0.15, -0.1) is 11.8 Å². The Kier molecular flexibility index (Phi) is 6.74. The SMILES string of the molecule is Cc1cc(/C=N\NC(=O)CSC2c3ccccc3-c3ccccc32)c(C)n1-c1cc(Cl)cc(Cl)c1. The molecule has 0 spiro atoms. The predicted molar refractivity (Wildman–Crippen MR) is 147 cm³/mol. The Balaban J connectivity index is 1.26. The smallest absolute Gasteiger partial charge is 0.250 e. The molecule has 176 valence electrons. The number of hydrogen-bond acceptors (Lipinski definition) is 3. The molecule has 5 rings (SSSR count). The lowest BCUT2D eigenvalue weighted by Gasteiger charge is -2.12. The number of hydrazone groups is 1. The van der Waals surface area contributed by atoms with Gasteiger partial charge >= 0.3 is 0 Å². The number of nitrogens with zero attached hydrogens (tertiary/aromatic N) is 2. The minimum absolute atomic E-state index is 0.136. The van der Waals surface area contributed by atoms with Crippen molar-refractivity contribution in [2.45, 2.75) is 19.1 Å². The average molecular weight is 520 g/mol. The van der Waals surface area contributed by atoms with Gasteiger partial charge in [-0.25, -0.2) is 5.43 Å². The number of amides is 1. The molecular formula is C28H23Cl2N3OS. The van der Waals surface area contributed by atoms with Crippen LogP contribution in [-0.4, -0.2) is 22.4 Å². The van der Waals surface area contributed by atoms with E-state index >= 15 is 0 Å². The van der Waals surface area contributed by atoms with E-state index in [-0.39, 0.29) is 11.2 Å². The van der Waals surface area contributed by atoms with Gasteiger partial charge in [0.05, 0.1) is 17.2 Å². The first-order valence-corrected chi connectivity index (χ1v) is 13.0. The minimum Gasteiger partial charge on any atom is -0.318 e. The molecule has 4 aromatic rings. The van der Waals surface area contributed by atoms with Crippen molar-refractivity contribution in [3.05, 3.63) is 111 Å². The fourth-order valence-corrected chi connectivity index (χ4v) is 6.31. The Morgan fingerprint density at radius 1 is 0.971 bits per heavy atom. The van der Waals surface area contributed by atoms with Crippen LogP contribution in [0.3, 0.4) is 0 Å². The Hall–Kier alpha value is -2.99. The third kappa shape index (κ3) is 4.76. The highest BCUT2D eigenvalue weighted by Crippen LogP contribution is 2.49. The molecule has 1 N–H and O–H groups in total. The zero-order chi connectivity index (χ0) is 24.5. The summed E-state index contributed by atoms with van der Waals surface area (Å²) in [7, 11) is 0. The van der Waals surface area contributed by atoms with Crippen LogP contribution in [0, 0.1) is 13.8 Å². The fourth-order valence-electron chi connectivity index (χ4n) is 4.64. The van der Waals surface area contributed by atoms with Crippen LogP contribution in [0.15, 0.2) is 77.9 Å². The van der Waals surface area contributed by atoms with Crippen LogP contribution in [0.5, 0.6) is 0 Å². The van der Waals surface area contributed by atoms with Gasteiger partial charge in [-0.1, -0.05) is 71.7 Å². The largest absolute Gasteiger partial charge is 0.318 e. The van der Waals surface area contributed by atoms with Gasteiger partial charge in [0.15, 0.2) is 0 Å². The van der Waals surface area contributed by atoms with Gasteiger partial charge in [0.1, 0.15) is 0 Å². The third-order valence-electron chi connectivity index (χ3n) is 6.13. The van der Waals surface area contributed by atoms with Gasteiger partial charge in [-0.05, 0) is 60.4 Å². The maximum Gasteiger partial charge on any atom is 0.250 e. The number of carbonyl (C=O) groups is 1. The van der Waals surface area contributed by atoms with Crippen molar-refractivity contribution in [3.8, 4) is 16.8 Å². The molecular weight excluding hydrogens is 497 g/mol. The predicted octanol–water partition coefficient (Wildman–Crippen LogP) is 7.35. The molecule has 0 saturated carbocycles. The highest BCUT2D eigenvalue weighted by atomic mass is 35.5. The van der Waals surface area contributed by atoms with E-state index in [1.807, 2.05) is 32.0 Å². The van der Waals surface area contributed by atoms with E-state index in [9.17, 15) is 4.79 Å². The van der Waals surface area contributed by atoms with E-state index in [0.29, 0.717) is 15.8 Å². The summed E-state index contributed by atoms with van der Waals surface area (Å²) in [5.74, 6) is 0.175. The van der Waals surface area contributed by atoms with Crippen molar-refractivity contribution < 1.29 is 4.79 Å². The number of carbonyl (C=O) groups excluding carboxylic acids is 1. The summed E-state index contributed by atoms with van der Waals surface area (Å²) in [6.07, 6.45) is 1.67. The first kappa shape index (κ1) is 23.7. The molecule has 35 heavy (non-hydrogen) atoms. The van der Waals surface area contributed by atoms with Crippen molar-refractivity contribution in [1.82, 2.24) is 9.99 Å². The van der Waals surface area contributed by atoms with Crippen LogP contribution < -0.4 is 5.43 Å². The number of aromatic nitrogens is 1. The van der Waals surface area contributed by atoms with Crippen molar-refractivity contribution in [2.24, 2.45) is 5.10 Å². The lowest BCUT2D eigenvalue weighted by atomic mass is 10.1. The van der Waals surface area contributed by atoms with Crippen molar-refractivity contribution in [3.63, 3.8) is 0 Å². The van der Waals surface area contributed by atoms with E-state index < -0.39 is 0 Å². The molecule has 3 aromatic carbocycles. The van der Waals surface area contributed by atoms with Crippen LogP contribution in [0.25, 0.3) is 16.8 Å². The molecule has 7 heteroatoms. The lowest BCUT2D eigenvalue weighted by molar-refractivity contribution is -0.118. The number of aryl methyl sites for hydroxylation is 1. The van der Waals surface area contributed by atoms with Crippen molar-refractivity contribution in [2.75, 3.05) is 5.75 Å². The summed E-state index contributed by atoms with van der Waals surface area (Å²) in [5.41, 5.74) is 11.5. The van der Waals surface area contributed by atoms with E-state index in [2.05, 4.69) is 63.6 Å². The quantitative estimate of drug-likeness (QED) is 0.213. The molecule has 1 amide bonds. The Labute approximate surface area is 219 Å². The highest BCUT2D eigenvalue weighted by molar-refractivity contribution is 8.00. The number of benzene rings is 3. The maximum atomic E-state index is 12.6. The van der Waals surface area contributed by atoms with E-state index in [0.717, 1.165) is 22.6 Å². The summed E-state index contributed by atoms with van der Waals surface area (Å²) in [4.78, 5) is 12.6. The summed E-state index contributed by atoms with van der Waals surface area (Å²) in [6, 6.07) is 24.3. The zero-order valence-electron chi connectivity index (χ0n) is 19.3. The third-order valence-corrected chi connectivity index (χ3v) is 7.83. The Morgan fingerprint density at radius 3 is 2.20 bits per heavy atom. The van der Waals surface area contributed by atoms with Crippen molar-refractivity contribution in [1.29, 1.82) is 0 Å². The second-order valence-electron chi connectivity index (χ2n) is 8.45.